The van der Waals surface area contributed by atoms with E-state index in [1.807, 2.05) is 0 Å². The molecule has 1 heterocycles. The molecule has 2 unspecified atom stereocenters. The minimum atomic E-state index is -4.33. The maximum atomic E-state index is 13.3. The van der Waals surface area contributed by atoms with Crippen LogP contribution in [0, 0.1) is 0 Å². The van der Waals surface area contributed by atoms with Crippen LogP contribution in [0.1, 0.15) is 48.3 Å². The maximum absolute atomic E-state index is 13.3. The molecule has 3 N–H and O–H groups in total. The topological polar surface area (TPSA) is 96.6 Å². The van der Waals surface area contributed by atoms with E-state index < -0.39 is 37.8 Å². The third-order valence-electron chi connectivity index (χ3n) is 6.24. The molecule has 1 aliphatic rings. The van der Waals surface area contributed by atoms with Crippen LogP contribution in [0.2, 0.25) is 10.0 Å². The highest BCUT2D eigenvalue weighted by atomic mass is 35.5. The molecule has 2 aromatic carbocycles. The standard InChI is InChI=1S/C26H26Cl2F3N3O4/c27-15-4-9-20(21(28)12-15)24-33-23(25(37)32-16-2-1-3-18(36)13-16)22(14-35)34(24)17-5-7-19(8-6-17)38-11-10-26(29,30)31/h4-9,12,16,18,35-36H,1-3,10-11,13-14H2,(H,32,37). The van der Waals surface area contributed by atoms with Gasteiger partial charge in [-0.25, -0.2) is 4.98 Å². The van der Waals surface area contributed by atoms with Crippen molar-refractivity contribution in [2.75, 3.05) is 6.61 Å². The summed E-state index contributed by atoms with van der Waals surface area (Å²) in [4.78, 5) is 17.8. The van der Waals surface area contributed by atoms with Gasteiger partial charge in [-0.3, -0.25) is 9.36 Å². The summed E-state index contributed by atoms with van der Waals surface area (Å²) in [7, 11) is 0. The number of carbonyl (C=O) groups is 1. The second kappa shape index (κ2) is 11.9. The van der Waals surface area contributed by atoms with E-state index in [-0.39, 0.29) is 34.0 Å². The lowest BCUT2D eigenvalue weighted by Crippen LogP contribution is -2.40. The van der Waals surface area contributed by atoms with E-state index in [2.05, 4.69) is 10.3 Å². The summed E-state index contributed by atoms with van der Waals surface area (Å²) in [6.07, 6.45) is -3.32. The molecule has 204 valence electrons. The molecular formula is C26H26Cl2F3N3O4. The molecule has 1 amide bonds. The molecule has 4 rings (SSSR count). The van der Waals surface area contributed by atoms with Gasteiger partial charge in [0.05, 0.1) is 36.5 Å². The van der Waals surface area contributed by atoms with Crippen LogP contribution in [0.5, 0.6) is 5.75 Å². The van der Waals surface area contributed by atoms with Gasteiger partial charge in [0.25, 0.3) is 5.91 Å². The van der Waals surface area contributed by atoms with Gasteiger partial charge in [-0.05, 0) is 68.1 Å². The van der Waals surface area contributed by atoms with Crippen molar-refractivity contribution >= 4 is 29.1 Å². The van der Waals surface area contributed by atoms with Gasteiger partial charge in [0, 0.05) is 22.3 Å². The van der Waals surface area contributed by atoms with Gasteiger partial charge >= 0.3 is 6.18 Å². The van der Waals surface area contributed by atoms with E-state index in [0.29, 0.717) is 35.5 Å². The predicted molar refractivity (Wildman–Crippen MR) is 137 cm³/mol. The van der Waals surface area contributed by atoms with E-state index in [1.165, 1.54) is 18.2 Å². The first-order valence-electron chi connectivity index (χ1n) is 12.0. The van der Waals surface area contributed by atoms with Crippen molar-refractivity contribution in [1.29, 1.82) is 0 Å². The molecular weight excluding hydrogens is 546 g/mol. The number of alkyl halides is 3. The second-order valence-corrected chi connectivity index (χ2v) is 9.89. The number of benzene rings is 2. The molecule has 0 spiro atoms. The van der Waals surface area contributed by atoms with Crippen LogP contribution < -0.4 is 10.1 Å². The van der Waals surface area contributed by atoms with Crippen LogP contribution in [0.3, 0.4) is 0 Å². The molecule has 0 aliphatic heterocycles. The van der Waals surface area contributed by atoms with Gasteiger partial charge in [-0.1, -0.05) is 23.2 Å². The minimum Gasteiger partial charge on any atom is -0.493 e. The Balaban J connectivity index is 1.71. The Morgan fingerprint density at radius 1 is 1.16 bits per heavy atom. The summed E-state index contributed by atoms with van der Waals surface area (Å²) >= 11 is 12.5. The van der Waals surface area contributed by atoms with Crippen molar-refractivity contribution in [3.05, 3.63) is 63.9 Å². The van der Waals surface area contributed by atoms with Gasteiger partial charge in [0.2, 0.25) is 0 Å². The predicted octanol–water partition coefficient (Wildman–Crippen LogP) is 5.70. The normalized spacial score (nSPS) is 17.9. The smallest absolute Gasteiger partial charge is 0.392 e. The highest BCUT2D eigenvalue weighted by molar-refractivity contribution is 6.36. The zero-order valence-corrected chi connectivity index (χ0v) is 21.7. The van der Waals surface area contributed by atoms with Gasteiger partial charge in [0.1, 0.15) is 11.6 Å². The number of hydrogen-bond acceptors (Lipinski definition) is 5. The number of aromatic nitrogens is 2. The fourth-order valence-electron chi connectivity index (χ4n) is 4.44. The van der Waals surface area contributed by atoms with Crippen LogP contribution in [0.15, 0.2) is 42.5 Å². The number of aliphatic hydroxyl groups excluding tert-OH is 2. The van der Waals surface area contributed by atoms with Gasteiger partial charge in [-0.2, -0.15) is 13.2 Å². The van der Waals surface area contributed by atoms with Gasteiger partial charge in [-0.15, -0.1) is 0 Å². The van der Waals surface area contributed by atoms with Crippen LogP contribution in [-0.2, 0) is 6.61 Å². The fourth-order valence-corrected chi connectivity index (χ4v) is 4.93. The number of ether oxygens (including phenoxy) is 1. The fraction of sp³-hybridized carbons (Fsp3) is 0.385. The van der Waals surface area contributed by atoms with E-state index in [0.717, 1.165) is 6.42 Å². The highest BCUT2D eigenvalue weighted by Crippen LogP contribution is 2.34. The lowest BCUT2D eigenvalue weighted by Gasteiger charge is -2.26. The minimum absolute atomic E-state index is 0.0147. The Hall–Kier alpha value is -2.79. The molecule has 12 heteroatoms. The van der Waals surface area contributed by atoms with Crippen LogP contribution >= 0.6 is 23.2 Å². The van der Waals surface area contributed by atoms with E-state index >= 15 is 0 Å². The molecule has 7 nitrogen and oxygen atoms in total. The Morgan fingerprint density at radius 3 is 2.53 bits per heavy atom. The Labute approximate surface area is 227 Å². The number of hydrogen-bond donors (Lipinski definition) is 3. The summed E-state index contributed by atoms with van der Waals surface area (Å²) in [6, 6.07) is 10.7. The number of imidazole rings is 1. The third-order valence-corrected chi connectivity index (χ3v) is 6.79. The van der Waals surface area contributed by atoms with Crippen LogP contribution in [-0.4, -0.2) is 50.6 Å². The molecule has 1 aliphatic carbocycles. The first-order valence-corrected chi connectivity index (χ1v) is 12.8. The van der Waals surface area contributed by atoms with Crippen molar-refractivity contribution in [3.8, 4) is 22.8 Å². The van der Waals surface area contributed by atoms with Crippen LogP contribution in [0.25, 0.3) is 17.1 Å². The molecule has 1 aromatic heterocycles. The lowest BCUT2D eigenvalue weighted by molar-refractivity contribution is -0.139. The molecule has 0 radical (unpaired) electrons. The van der Waals surface area contributed by atoms with Crippen LogP contribution in [0.4, 0.5) is 13.2 Å². The number of nitrogens with one attached hydrogen (secondary N) is 1. The molecule has 38 heavy (non-hydrogen) atoms. The summed E-state index contributed by atoms with van der Waals surface area (Å²) in [5.74, 6) is -0.0239. The van der Waals surface area contributed by atoms with Crippen molar-refractivity contribution in [2.24, 2.45) is 0 Å². The van der Waals surface area contributed by atoms with Crippen molar-refractivity contribution in [3.63, 3.8) is 0 Å². The SMILES string of the molecule is O=C(NC1CCCC(O)C1)c1nc(-c2ccc(Cl)cc2Cl)n(-c2ccc(OCCC(F)(F)F)cc2)c1CO. The summed E-state index contributed by atoms with van der Waals surface area (Å²) in [5.41, 5.74) is 1.09. The zero-order valence-electron chi connectivity index (χ0n) is 20.1. The Morgan fingerprint density at radius 2 is 1.89 bits per heavy atom. The van der Waals surface area contributed by atoms with Crippen molar-refractivity contribution < 1.29 is 32.9 Å². The largest absolute Gasteiger partial charge is 0.493 e. The summed E-state index contributed by atoms with van der Waals surface area (Å²) < 4.78 is 44.1. The second-order valence-electron chi connectivity index (χ2n) is 9.05. The molecule has 1 fully saturated rings. The molecule has 2 atom stereocenters. The molecule has 3 aromatic rings. The quantitative estimate of drug-likeness (QED) is 0.322. The zero-order chi connectivity index (χ0) is 27.4. The molecule has 0 bridgehead atoms. The van der Waals surface area contributed by atoms with Gasteiger partial charge < -0.3 is 20.3 Å². The molecule has 1 saturated carbocycles. The lowest BCUT2D eigenvalue weighted by atomic mass is 9.93. The number of halogens is 5. The number of aliphatic hydroxyl groups is 2. The van der Waals surface area contributed by atoms with E-state index in [9.17, 15) is 28.2 Å². The third kappa shape index (κ3) is 6.79. The maximum Gasteiger partial charge on any atom is 0.392 e. The van der Waals surface area contributed by atoms with Gasteiger partial charge in [0.15, 0.2) is 5.69 Å². The number of nitrogens with zero attached hydrogens (tertiary/aromatic N) is 2. The van der Waals surface area contributed by atoms with E-state index in [4.69, 9.17) is 27.9 Å². The average molecular weight is 572 g/mol. The average Bonchev–Trinajstić information content (AvgIpc) is 3.23. The number of amides is 1. The highest BCUT2D eigenvalue weighted by Gasteiger charge is 2.29. The summed E-state index contributed by atoms with van der Waals surface area (Å²) in [6.45, 7) is -1.07. The summed E-state index contributed by atoms with van der Waals surface area (Å²) in [5, 5.41) is 23.9. The first-order chi connectivity index (χ1) is 18.1. The number of carbonyl (C=O) groups excluding carboxylic acids is 1. The Kier molecular flexibility index (Phi) is 8.87. The first kappa shape index (κ1) is 28.2. The molecule has 0 saturated heterocycles. The number of rotatable bonds is 8. The van der Waals surface area contributed by atoms with Crippen molar-refractivity contribution in [1.82, 2.24) is 14.9 Å². The van der Waals surface area contributed by atoms with Crippen molar-refractivity contribution in [2.45, 2.75) is 57.0 Å². The Bertz CT molecular complexity index is 1280. The monoisotopic (exact) mass is 571 g/mol. The van der Waals surface area contributed by atoms with E-state index in [1.54, 1.807) is 28.8 Å².